The van der Waals surface area contributed by atoms with Crippen LogP contribution in [0.5, 0.6) is 5.75 Å². The third kappa shape index (κ3) is 2.95. The van der Waals surface area contributed by atoms with Gasteiger partial charge < -0.3 is 4.74 Å². The van der Waals surface area contributed by atoms with Crippen molar-refractivity contribution in [2.45, 2.75) is 19.3 Å². The first kappa shape index (κ1) is 11.4. The number of benzene rings is 1. The zero-order valence-corrected chi connectivity index (χ0v) is 10.3. The van der Waals surface area contributed by atoms with E-state index in [1.807, 2.05) is 0 Å². The Morgan fingerprint density at radius 1 is 1.50 bits per heavy atom. The first-order chi connectivity index (χ1) is 7.66. The molecule has 16 heavy (non-hydrogen) atoms. The Labute approximate surface area is 102 Å². The molecule has 0 saturated heterocycles. The van der Waals surface area contributed by atoms with Crippen LogP contribution in [0.1, 0.15) is 19.3 Å². The summed E-state index contributed by atoms with van der Waals surface area (Å²) in [4.78, 5) is 10.2. The highest BCUT2D eigenvalue weighted by Crippen LogP contribution is 2.33. The van der Waals surface area contributed by atoms with Crippen LogP contribution < -0.4 is 4.74 Å². The Bertz CT molecular complexity index is 404. The lowest BCUT2D eigenvalue weighted by Crippen LogP contribution is -1.99. The van der Waals surface area contributed by atoms with E-state index in [1.165, 1.54) is 25.0 Å². The minimum absolute atomic E-state index is 0.0598. The van der Waals surface area contributed by atoms with E-state index < -0.39 is 4.92 Å². The summed E-state index contributed by atoms with van der Waals surface area (Å²) in [5.41, 5.74) is 0.0598. The predicted molar refractivity (Wildman–Crippen MR) is 63.6 cm³/mol. The minimum Gasteiger partial charge on any atom is -0.492 e. The summed E-state index contributed by atoms with van der Waals surface area (Å²) in [6, 6.07) is 4.55. The molecule has 0 aromatic heterocycles. The molecule has 1 aromatic carbocycles. The van der Waals surface area contributed by atoms with Gasteiger partial charge in [0, 0.05) is 6.07 Å². The van der Waals surface area contributed by atoms with E-state index in [4.69, 9.17) is 4.74 Å². The van der Waals surface area contributed by atoms with Gasteiger partial charge in [0.2, 0.25) is 0 Å². The molecule has 5 heteroatoms. The number of hydrogen-bond donors (Lipinski definition) is 0. The van der Waals surface area contributed by atoms with Crippen molar-refractivity contribution in [3.05, 3.63) is 32.8 Å². The van der Waals surface area contributed by atoms with Gasteiger partial charge in [0.05, 0.1) is 22.1 Å². The second-order valence-corrected chi connectivity index (χ2v) is 4.81. The first-order valence-corrected chi connectivity index (χ1v) is 6.03. The summed E-state index contributed by atoms with van der Waals surface area (Å²) >= 11 is 3.31. The molecule has 2 rings (SSSR count). The van der Waals surface area contributed by atoms with Crippen LogP contribution in [0.4, 0.5) is 5.69 Å². The van der Waals surface area contributed by atoms with Crippen LogP contribution >= 0.6 is 15.9 Å². The monoisotopic (exact) mass is 285 g/mol. The largest absolute Gasteiger partial charge is 0.492 e. The van der Waals surface area contributed by atoms with Crippen molar-refractivity contribution in [2.24, 2.45) is 5.92 Å². The number of ether oxygens (including phenoxy) is 1. The van der Waals surface area contributed by atoms with Crippen LogP contribution in [-0.2, 0) is 0 Å². The molecule has 4 nitrogen and oxygen atoms in total. The topological polar surface area (TPSA) is 52.4 Å². The lowest BCUT2D eigenvalue weighted by molar-refractivity contribution is -0.385. The number of nitro benzene ring substituents is 1. The number of hydrogen-bond acceptors (Lipinski definition) is 3. The standard InChI is InChI=1S/C11H12BrNO3/c12-10-4-3-9(13(14)15)7-11(10)16-6-5-8-1-2-8/h3-4,7-8H,1-2,5-6H2. The van der Waals surface area contributed by atoms with Gasteiger partial charge in [-0.15, -0.1) is 0 Å². The van der Waals surface area contributed by atoms with E-state index in [2.05, 4.69) is 15.9 Å². The molecular formula is C11H12BrNO3. The Balaban J connectivity index is 1.99. The first-order valence-electron chi connectivity index (χ1n) is 5.23. The second-order valence-electron chi connectivity index (χ2n) is 3.95. The summed E-state index contributed by atoms with van der Waals surface area (Å²) in [7, 11) is 0. The van der Waals surface area contributed by atoms with Crippen molar-refractivity contribution in [1.29, 1.82) is 0 Å². The number of halogens is 1. The summed E-state index contributed by atoms with van der Waals surface area (Å²) in [5.74, 6) is 1.35. The summed E-state index contributed by atoms with van der Waals surface area (Å²) < 4.78 is 6.29. The van der Waals surface area contributed by atoms with E-state index in [0.717, 1.165) is 16.8 Å². The average molecular weight is 286 g/mol. The molecule has 0 N–H and O–H groups in total. The SMILES string of the molecule is O=[N+]([O-])c1ccc(Br)c(OCCC2CC2)c1. The van der Waals surface area contributed by atoms with E-state index in [1.54, 1.807) is 6.07 Å². The van der Waals surface area contributed by atoms with Crippen molar-refractivity contribution in [3.63, 3.8) is 0 Å². The van der Waals surface area contributed by atoms with Gasteiger partial charge in [-0.1, -0.05) is 12.8 Å². The Hall–Kier alpha value is -1.10. The molecule has 1 aliphatic rings. The van der Waals surface area contributed by atoms with Crippen molar-refractivity contribution in [3.8, 4) is 5.75 Å². The van der Waals surface area contributed by atoms with Gasteiger partial charge in [-0.3, -0.25) is 10.1 Å². The summed E-state index contributed by atoms with van der Waals surface area (Å²) in [5, 5.41) is 10.6. The fourth-order valence-electron chi connectivity index (χ4n) is 1.46. The van der Waals surface area contributed by atoms with Gasteiger partial charge in [0.25, 0.3) is 5.69 Å². The Morgan fingerprint density at radius 3 is 2.88 bits per heavy atom. The van der Waals surface area contributed by atoms with E-state index in [-0.39, 0.29) is 5.69 Å². The van der Waals surface area contributed by atoms with Crippen LogP contribution in [0.2, 0.25) is 0 Å². The van der Waals surface area contributed by atoms with Crippen molar-refractivity contribution in [1.82, 2.24) is 0 Å². The molecule has 0 spiro atoms. The maximum absolute atomic E-state index is 10.6. The quantitative estimate of drug-likeness (QED) is 0.614. The van der Waals surface area contributed by atoms with Gasteiger partial charge in [-0.05, 0) is 34.3 Å². The van der Waals surface area contributed by atoms with Crippen LogP contribution in [-0.4, -0.2) is 11.5 Å². The van der Waals surface area contributed by atoms with Gasteiger partial charge in [-0.2, -0.15) is 0 Å². The van der Waals surface area contributed by atoms with E-state index in [9.17, 15) is 10.1 Å². The average Bonchev–Trinajstić information content (AvgIpc) is 3.04. The molecule has 1 fully saturated rings. The van der Waals surface area contributed by atoms with Crippen molar-refractivity contribution in [2.75, 3.05) is 6.61 Å². The molecule has 0 unspecified atom stereocenters. The zero-order valence-electron chi connectivity index (χ0n) is 8.69. The third-order valence-electron chi connectivity index (χ3n) is 2.61. The van der Waals surface area contributed by atoms with Gasteiger partial charge in [0.1, 0.15) is 5.75 Å². The number of nitrogens with zero attached hydrogens (tertiary/aromatic N) is 1. The maximum atomic E-state index is 10.6. The number of non-ortho nitro benzene ring substituents is 1. The molecule has 1 aromatic rings. The molecule has 0 heterocycles. The second kappa shape index (κ2) is 4.82. The van der Waals surface area contributed by atoms with Gasteiger partial charge in [-0.25, -0.2) is 0 Å². The molecule has 1 saturated carbocycles. The van der Waals surface area contributed by atoms with Crippen LogP contribution in [0.25, 0.3) is 0 Å². The predicted octanol–water partition coefficient (Wildman–Crippen LogP) is 3.54. The highest BCUT2D eigenvalue weighted by molar-refractivity contribution is 9.10. The Kier molecular flexibility index (Phi) is 3.43. The van der Waals surface area contributed by atoms with Crippen molar-refractivity contribution < 1.29 is 9.66 Å². The molecule has 0 aliphatic heterocycles. The van der Waals surface area contributed by atoms with Crippen LogP contribution in [0, 0.1) is 16.0 Å². The van der Waals surface area contributed by atoms with E-state index in [0.29, 0.717) is 12.4 Å². The summed E-state index contributed by atoms with van der Waals surface area (Å²) in [6.07, 6.45) is 3.62. The molecule has 0 radical (unpaired) electrons. The molecular weight excluding hydrogens is 274 g/mol. The Morgan fingerprint density at radius 2 is 2.25 bits per heavy atom. The minimum atomic E-state index is -0.416. The highest BCUT2D eigenvalue weighted by atomic mass is 79.9. The van der Waals surface area contributed by atoms with E-state index >= 15 is 0 Å². The lowest BCUT2D eigenvalue weighted by atomic mass is 10.3. The summed E-state index contributed by atoms with van der Waals surface area (Å²) in [6.45, 7) is 0.629. The molecule has 86 valence electrons. The fourth-order valence-corrected chi connectivity index (χ4v) is 1.82. The molecule has 0 atom stereocenters. The number of nitro groups is 1. The highest BCUT2D eigenvalue weighted by Gasteiger charge is 2.21. The van der Waals surface area contributed by atoms with Crippen LogP contribution in [0.15, 0.2) is 22.7 Å². The van der Waals surface area contributed by atoms with Gasteiger partial charge in [0.15, 0.2) is 0 Å². The van der Waals surface area contributed by atoms with Crippen LogP contribution in [0.3, 0.4) is 0 Å². The normalized spacial score (nSPS) is 14.8. The molecule has 1 aliphatic carbocycles. The fraction of sp³-hybridized carbons (Fsp3) is 0.455. The number of rotatable bonds is 5. The zero-order chi connectivity index (χ0) is 11.5. The lowest BCUT2D eigenvalue weighted by Gasteiger charge is -2.07. The molecule has 0 bridgehead atoms. The smallest absolute Gasteiger partial charge is 0.273 e. The van der Waals surface area contributed by atoms with Gasteiger partial charge >= 0.3 is 0 Å². The third-order valence-corrected chi connectivity index (χ3v) is 3.26. The molecule has 0 amide bonds. The van der Waals surface area contributed by atoms with Crippen molar-refractivity contribution >= 4 is 21.6 Å². The maximum Gasteiger partial charge on any atom is 0.273 e.